The number of aryl methyl sites for hydroxylation is 1. The van der Waals surface area contributed by atoms with Crippen LogP contribution in [0.1, 0.15) is 25.0 Å². The van der Waals surface area contributed by atoms with Crippen LogP contribution >= 0.6 is 0 Å². The molecule has 0 atom stereocenters. The Kier molecular flexibility index (Phi) is 2.70. The molecule has 0 radical (unpaired) electrons. The molecule has 0 amide bonds. The number of benzene rings is 1. The summed E-state index contributed by atoms with van der Waals surface area (Å²) < 4.78 is 1.98. The van der Waals surface area contributed by atoms with E-state index >= 15 is 0 Å². The molecular weight excluding hydrogens is 244 g/mol. The molecule has 2 aromatic rings. The first-order valence-electron chi connectivity index (χ1n) is 6.19. The Bertz CT molecular complexity index is 635. The Labute approximate surface area is 110 Å². The van der Waals surface area contributed by atoms with Gasteiger partial charge in [-0.3, -0.25) is 4.57 Å². The summed E-state index contributed by atoms with van der Waals surface area (Å²) in [5.74, 6) is 1.32. The van der Waals surface area contributed by atoms with Crippen molar-refractivity contribution in [2.75, 3.05) is 5.06 Å². The van der Waals surface area contributed by atoms with E-state index in [0.717, 1.165) is 23.0 Å². The Morgan fingerprint density at radius 3 is 2.79 bits per heavy atom. The summed E-state index contributed by atoms with van der Waals surface area (Å²) in [5.41, 5.74) is 1.77. The molecule has 1 aliphatic heterocycles. The first-order chi connectivity index (χ1) is 9.20. The van der Waals surface area contributed by atoms with Gasteiger partial charge in [-0.2, -0.15) is 5.06 Å². The van der Waals surface area contributed by atoms with Gasteiger partial charge in [0, 0.05) is 6.42 Å². The van der Waals surface area contributed by atoms with Crippen molar-refractivity contribution in [2.24, 2.45) is 0 Å². The van der Waals surface area contributed by atoms with Gasteiger partial charge in [-0.05, 0) is 19.1 Å². The average Bonchev–Trinajstić information content (AvgIpc) is 2.80. The van der Waals surface area contributed by atoms with Crippen molar-refractivity contribution in [1.82, 2.24) is 14.8 Å². The number of hydrogen-bond donors (Lipinski definition) is 0. The number of para-hydroxylation sites is 2. The molecule has 0 saturated carbocycles. The van der Waals surface area contributed by atoms with Crippen LogP contribution in [0.2, 0.25) is 0 Å². The quantitative estimate of drug-likeness (QED) is 0.821. The topological polar surface area (TPSA) is 60.2 Å². The van der Waals surface area contributed by atoms with Crippen LogP contribution < -0.4 is 5.06 Å². The fourth-order valence-corrected chi connectivity index (χ4v) is 2.17. The van der Waals surface area contributed by atoms with Gasteiger partial charge in [0.25, 0.3) is 0 Å². The summed E-state index contributed by atoms with van der Waals surface area (Å²) in [5, 5.41) is 9.77. The SMILES string of the molecule is CCC(=O)ON1Cc2nnc(C)n2-c2ccccc21. The third-order valence-electron chi connectivity index (χ3n) is 3.07. The van der Waals surface area contributed by atoms with E-state index < -0.39 is 0 Å². The molecule has 1 aromatic carbocycles. The van der Waals surface area contributed by atoms with Crippen molar-refractivity contribution in [1.29, 1.82) is 0 Å². The predicted molar refractivity (Wildman–Crippen MR) is 68.7 cm³/mol. The maximum atomic E-state index is 11.5. The van der Waals surface area contributed by atoms with Gasteiger partial charge in [0.05, 0.1) is 11.4 Å². The molecule has 1 aromatic heterocycles. The molecule has 0 N–H and O–H groups in total. The number of aromatic nitrogens is 3. The molecule has 6 heteroatoms. The first kappa shape index (κ1) is 11.7. The monoisotopic (exact) mass is 258 g/mol. The van der Waals surface area contributed by atoms with Gasteiger partial charge in [-0.1, -0.05) is 19.1 Å². The van der Waals surface area contributed by atoms with Crippen molar-refractivity contribution in [3.05, 3.63) is 35.9 Å². The number of fused-ring (bicyclic) bond motifs is 3. The number of nitrogens with zero attached hydrogens (tertiary/aromatic N) is 4. The molecule has 0 unspecified atom stereocenters. The van der Waals surface area contributed by atoms with Crippen LogP contribution in [0.25, 0.3) is 5.69 Å². The van der Waals surface area contributed by atoms with Crippen LogP contribution in [0.5, 0.6) is 0 Å². The minimum Gasteiger partial charge on any atom is -0.340 e. The fraction of sp³-hybridized carbons (Fsp3) is 0.308. The fourth-order valence-electron chi connectivity index (χ4n) is 2.17. The lowest BCUT2D eigenvalue weighted by Crippen LogP contribution is -2.32. The Hall–Kier alpha value is -2.37. The molecule has 0 spiro atoms. The van der Waals surface area contributed by atoms with Crippen molar-refractivity contribution >= 4 is 11.7 Å². The third kappa shape index (κ3) is 1.85. The van der Waals surface area contributed by atoms with Crippen molar-refractivity contribution in [2.45, 2.75) is 26.8 Å². The van der Waals surface area contributed by atoms with Crippen LogP contribution in [-0.2, 0) is 16.2 Å². The zero-order chi connectivity index (χ0) is 13.4. The van der Waals surface area contributed by atoms with Gasteiger partial charge in [0.2, 0.25) is 0 Å². The highest BCUT2D eigenvalue weighted by atomic mass is 16.7. The van der Waals surface area contributed by atoms with E-state index in [1.165, 1.54) is 0 Å². The zero-order valence-corrected chi connectivity index (χ0v) is 10.8. The molecule has 0 bridgehead atoms. The Morgan fingerprint density at radius 2 is 2.05 bits per heavy atom. The normalized spacial score (nSPS) is 12.8. The lowest BCUT2D eigenvalue weighted by Gasteiger charge is -2.29. The molecule has 0 aliphatic carbocycles. The summed E-state index contributed by atoms with van der Waals surface area (Å²) in [6, 6.07) is 7.73. The largest absolute Gasteiger partial charge is 0.340 e. The lowest BCUT2D eigenvalue weighted by molar-refractivity contribution is -0.145. The Balaban J connectivity index is 2.07. The van der Waals surface area contributed by atoms with Crippen LogP contribution in [-0.4, -0.2) is 20.7 Å². The molecule has 3 rings (SSSR count). The lowest BCUT2D eigenvalue weighted by atomic mass is 10.2. The molecule has 19 heavy (non-hydrogen) atoms. The van der Waals surface area contributed by atoms with E-state index in [0.29, 0.717) is 13.0 Å². The van der Waals surface area contributed by atoms with Crippen LogP contribution in [0.3, 0.4) is 0 Å². The van der Waals surface area contributed by atoms with Gasteiger partial charge < -0.3 is 4.84 Å². The highest BCUT2D eigenvalue weighted by Gasteiger charge is 2.26. The number of hydrogen-bond acceptors (Lipinski definition) is 5. The second-order valence-corrected chi connectivity index (χ2v) is 4.34. The first-order valence-corrected chi connectivity index (χ1v) is 6.19. The standard InChI is InChI=1S/C13H14N4O2/c1-3-13(18)19-16-8-12-15-14-9(2)17(12)11-7-5-4-6-10(11)16/h4-7H,3,8H2,1-2H3. The molecule has 6 nitrogen and oxygen atoms in total. The van der Waals surface area contributed by atoms with Gasteiger partial charge in [-0.25, -0.2) is 4.79 Å². The van der Waals surface area contributed by atoms with Crippen LogP contribution in [0, 0.1) is 6.92 Å². The summed E-state index contributed by atoms with van der Waals surface area (Å²) in [6.45, 7) is 4.08. The highest BCUT2D eigenvalue weighted by molar-refractivity contribution is 5.72. The van der Waals surface area contributed by atoms with E-state index in [1.54, 1.807) is 12.0 Å². The number of carbonyl (C=O) groups excluding carboxylic acids is 1. The Morgan fingerprint density at radius 1 is 1.32 bits per heavy atom. The molecule has 1 aliphatic rings. The zero-order valence-electron chi connectivity index (χ0n) is 10.8. The summed E-state index contributed by atoms with van der Waals surface area (Å²) in [4.78, 5) is 16.8. The van der Waals surface area contributed by atoms with Gasteiger partial charge >= 0.3 is 5.97 Å². The molecular formula is C13H14N4O2. The van der Waals surface area contributed by atoms with Gasteiger partial charge in [0.15, 0.2) is 5.82 Å². The maximum absolute atomic E-state index is 11.5. The van der Waals surface area contributed by atoms with Crippen LogP contribution in [0.4, 0.5) is 5.69 Å². The minimum atomic E-state index is -0.264. The molecule has 98 valence electrons. The van der Waals surface area contributed by atoms with E-state index in [4.69, 9.17) is 4.84 Å². The highest BCUT2D eigenvalue weighted by Crippen LogP contribution is 2.32. The van der Waals surface area contributed by atoms with Crippen molar-refractivity contribution < 1.29 is 9.63 Å². The van der Waals surface area contributed by atoms with Crippen molar-refractivity contribution in [3.63, 3.8) is 0 Å². The summed E-state index contributed by atoms with van der Waals surface area (Å²) in [6.07, 6.45) is 0.338. The molecule has 0 saturated heterocycles. The third-order valence-corrected chi connectivity index (χ3v) is 3.07. The van der Waals surface area contributed by atoms with Gasteiger partial charge in [-0.15, -0.1) is 10.2 Å². The van der Waals surface area contributed by atoms with Crippen LogP contribution in [0.15, 0.2) is 24.3 Å². The number of anilines is 1. The smallest absolute Gasteiger partial charge is 0.332 e. The minimum absolute atomic E-state index is 0.264. The van der Waals surface area contributed by atoms with E-state index in [1.807, 2.05) is 35.8 Å². The predicted octanol–water partition coefficient (Wildman–Crippen LogP) is 1.76. The molecule has 0 fully saturated rings. The second kappa shape index (κ2) is 4.38. The molecule has 2 heterocycles. The van der Waals surface area contributed by atoms with E-state index in [-0.39, 0.29) is 5.97 Å². The van der Waals surface area contributed by atoms with Gasteiger partial charge in [0.1, 0.15) is 12.4 Å². The van der Waals surface area contributed by atoms with E-state index in [2.05, 4.69) is 10.2 Å². The summed E-state index contributed by atoms with van der Waals surface area (Å²) in [7, 11) is 0. The average molecular weight is 258 g/mol. The number of hydroxylamine groups is 1. The second-order valence-electron chi connectivity index (χ2n) is 4.34. The van der Waals surface area contributed by atoms with E-state index in [9.17, 15) is 4.79 Å². The summed E-state index contributed by atoms with van der Waals surface area (Å²) >= 11 is 0. The number of carbonyl (C=O) groups is 1. The maximum Gasteiger partial charge on any atom is 0.332 e. The number of rotatable bonds is 2. The van der Waals surface area contributed by atoms with Crippen molar-refractivity contribution in [3.8, 4) is 5.69 Å².